The van der Waals surface area contributed by atoms with Crippen LogP contribution in [0, 0.1) is 6.92 Å². The minimum absolute atomic E-state index is 0.0461. The fraction of sp³-hybridized carbons (Fsp3) is 0.333. The highest BCUT2D eigenvalue weighted by molar-refractivity contribution is 6.32. The summed E-state index contributed by atoms with van der Waals surface area (Å²) in [5, 5.41) is 9.55. The number of hydrogen-bond donors (Lipinski definition) is 1. The van der Waals surface area contributed by atoms with Crippen LogP contribution in [0.1, 0.15) is 11.1 Å². The van der Waals surface area contributed by atoms with Gasteiger partial charge >= 0.3 is 0 Å². The van der Waals surface area contributed by atoms with Crippen LogP contribution in [0.5, 0.6) is 5.75 Å². The van der Waals surface area contributed by atoms with Gasteiger partial charge < -0.3 is 9.84 Å². The molecule has 2 nitrogen and oxygen atoms in total. The summed E-state index contributed by atoms with van der Waals surface area (Å²) in [7, 11) is 1.54. The summed E-state index contributed by atoms with van der Waals surface area (Å²) in [6.45, 7) is 1.86. The molecule has 0 aliphatic heterocycles. The second-order valence-corrected chi connectivity index (χ2v) is 2.94. The van der Waals surface area contributed by atoms with Gasteiger partial charge in [0.25, 0.3) is 0 Å². The van der Waals surface area contributed by atoms with Crippen LogP contribution < -0.4 is 4.74 Å². The van der Waals surface area contributed by atoms with Crippen molar-refractivity contribution in [3.05, 3.63) is 28.3 Å². The molecule has 0 aromatic heterocycles. The largest absolute Gasteiger partial charge is 0.495 e. The molecule has 1 aromatic carbocycles. The summed E-state index contributed by atoms with van der Waals surface area (Å²) >= 11 is 5.84. The first kappa shape index (κ1) is 9.36. The Morgan fingerprint density at radius 2 is 2.17 bits per heavy atom. The molecule has 0 atom stereocenters. The first-order valence-corrected chi connectivity index (χ1v) is 4.01. The fourth-order valence-corrected chi connectivity index (χ4v) is 1.37. The van der Waals surface area contributed by atoms with E-state index in [2.05, 4.69) is 0 Å². The molecule has 66 valence electrons. The van der Waals surface area contributed by atoms with Crippen LogP contribution in [-0.2, 0) is 6.61 Å². The van der Waals surface area contributed by atoms with Crippen molar-refractivity contribution in [1.29, 1.82) is 0 Å². The molecule has 0 saturated carbocycles. The van der Waals surface area contributed by atoms with Crippen LogP contribution in [0.15, 0.2) is 12.1 Å². The first-order chi connectivity index (χ1) is 5.70. The Labute approximate surface area is 76.7 Å². The van der Waals surface area contributed by atoms with E-state index in [-0.39, 0.29) is 6.61 Å². The molecular weight excluding hydrogens is 176 g/mol. The fourth-order valence-electron chi connectivity index (χ4n) is 1.11. The number of ether oxygens (including phenoxy) is 1. The Morgan fingerprint density at radius 3 is 2.58 bits per heavy atom. The predicted molar refractivity (Wildman–Crippen MR) is 48.7 cm³/mol. The zero-order chi connectivity index (χ0) is 9.14. The number of methoxy groups -OCH3 is 1. The molecule has 0 aliphatic rings. The number of aryl methyl sites for hydroxylation is 1. The van der Waals surface area contributed by atoms with Gasteiger partial charge in [0.15, 0.2) is 0 Å². The van der Waals surface area contributed by atoms with Crippen LogP contribution in [-0.4, -0.2) is 12.2 Å². The van der Waals surface area contributed by atoms with Gasteiger partial charge in [0.2, 0.25) is 0 Å². The van der Waals surface area contributed by atoms with E-state index >= 15 is 0 Å². The van der Waals surface area contributed by atoms with E-state index in [0.29, 0.717) is 10.8 Å². The molecule has 0 radical (unpaired) electrons. The molecule has 0 spiro atoms. The Balaban J connectivity index is 3.28. The molecule has 0 bridgehead atoms. The number of rotatable bonds is 2. The lowest BCUT2D eigenvalue weighted by Crippen LogP contribution is -1.95. The maximum atomic E-state index is 9.02. The van der Waals surface area contributed by atoms with E-state index < -0.39 is 0 Å². The summed E-state index contributed by atoms with van der Waals surface area (Å²) in [4.78, 5) is 0. The lowest BCUT2D eigenvalue weighted by molar-refractivity contribution is 0.273. The summed E-state index contributed by atoms with van der Waals surface area (Å²) < 4.78 is 5.06. The van der Waals surface area contributed by atoms with Crippen molar-refractivity contribution in [3.63, 3.8) is 0 Å². The number of halogens is 1. The van der Waals surface area contributed by atoms with Gasteiger partial charge in [0.05, 0.1) is 18.7 Å². The lowest BCUT2D eigenvalue weighted by atomic mass is 10.1. The van der Waals surface area contributed by atoms with E-state index in [4.69, 9.17) is 21.4 Å². The van der Waals surface area contributed by atoms with Crippen molar-refractivity contribution in [3.8, 4) is 5.75 Å². The smallest absolute Gasteiger partial charge is 0.143 e. The molecule has 0 aliphatic carbocycles. The maximum Gasteiger partial charge on any atom is 0.143 e. The van der Waals surface area contributed by atoms with Crippen LogP contribution >= 0.6 is 11.6 Å². The van der Waals surface area contributed by atoms with Gasteiger partial charge in [-0.05, 0) is 18.6 Å². The van der Waals surface area contributed by atoms with Gasteiger partial charge in [0, 0.05) is 5.56 Å². The van der Waals surface area contributed by atoms with Crippen molar-refractivity contribution in [2.75, 3.05) is 7.11 Å². The standard InChI is InChI=1S/C9H11ClO2/c1-6-3-4-8(10)9(12-2)7(6)5-11/h3-4,11H,5H2,1-2H3. The summed E-state index contributed by atoms with van der Waals surface area (Å²) in [5.74, 6) is 0.569. The van der Waals surface area contributed by atoms with E-state index in [1.165, 1.54) is 0 Å². The summed E-state index contributed by atoms with van der Waals surface area (Å²) in [6, 6.07) is 3.62. The predicted octanol–water partition coefficient (Wildman–Crippen LogP) is 2.15. The third-order valence-electron chi connectivity index (χ3n) is 1.81. The van der Waals surface area contributed by atoms with Gasteiger partial charge in [-0.25, -0.2) is 0 Å². The van der Waals surface area contributed by atoms with Crippen molar-refractivity contribution < 1.29 is 9.84 Å². The van der Waals surface area contributed by atoms with Crippen LogP contribution in [0.2, 0.25) is 5.02 Å². The lowest BCUT2D eigenvalue weighted by Gasteiger charge is -2.10. The van der Waals surface area contributed by atoms with E-state index in [1.54, 1.807) is 13.2 Å². The summed E-state index contributed by atoms with van der Waals surface area (Å²) in [5.41, 5.74) is 1.74. The third-order valence-corrected chi connectivity index (χ3v) is 2.11. The van der Waals surface area contributed by atoms with E-state index in [9.17, 15) is 0 Å². The van der Waals surface area contributed by atoms with E-state index in [1.807, 2.05) is 13.0 Å². The zero-order valence-electron chi connectivity index (χ0n) is 7.10. The normalized spacial score (nSPS) is 10.0. The first-order valence-electron chi connectivity index (χ1n) is 3.63. The molecule has 0 fully saturated rings. The van der Waals surface area contributed by atoms with Gasteiger partial charge in [-0.2, -0.15) is 0 Å². The highest BCUT2D eigenvalue weighted by Crippen LogP contribution is 2.30. The molecule has 12 heavy (non-hydrogen) atoms. The SMILES string of the molecule is COc1c(Cl)ccc(C)c1CO. The second kappa shape index (κ2) is 3.78. The quantitative estimate of drug-likeness (QED) is 0.767. The average molecular weight is 187 g/mol. The molecule has 1 N–H and O–H groups in total. The van der Waals surface area contributed by atoms with Crippen molar-refractivity contribution in [2.45, 2.75) is 13.5 Å². The Morgan fingerprint density at radius 1 is 1.50 bits per heavy atom. The van der Waals surface area contributed by atoms with Crippen LogP contribution in [0.3, 0.4) is 0 Å². The van der Waals surface area contributed by atoms with Gasteiger partial charge in [-0.1, -0.05) is 17.7 Å². The Bertz CT molecular complexity index is 255. The van der Waals surface area contributed by atoms with Gasteiger partial charge in [0.1, 0.15) is 5.75 Å². The number of aliphatic hydroxyl groups is 1. The van der Waals surface area contributed by atoms with Gasteiger partial charge in [-0.15, -0.1) is 0 Å². The third kappa shape index (κ3) is 1.54. The number of benzene rings is 1. The maximum absolute atomic E-state index is 9.02. The van der Waals surface area contributed by atoms with Crippen molar-refractivity contribution >= 4 is 11.6 Å². The Hall–Kier alpha value is -0.730. The number of hydrogen-bond acceptors (Lipinski definition) is 2. The number of aliphatic hydroxyl groups excluding tert-OH is 1. The van der Waals surface area contributed by atoms with Crippen LogP contribution in [0.4, 0.5) is 0 Å². The van der Waals surface area contributed by atoms with Crippen molar-refractivity contribution in [1.82, 2.24) is 0 Å². The molecule has 3 heteroatoms. The topological polar surface area (TPSA) is 29.5 Å². The highest BCUT2D eigenvalue weighted by Gasteiger charge is 2.08. The minimum atomic E-state index is -0.0461. The molecule has 0 unspecified atom stereocenters. The zero-order valence-corrected chi connectivity index (χ0v) is 7.85. The van der Waals surface area contributed by atoms with Crippen LogP contribution in [0.25, 0.3) is 0 Å². The molecule has 1 rings (SSSR count). The Kier molecular flexibility index (Phi) is 2.95. The molecule has 1 aromatic rings. The molecular formula is C9H11ClO2. The van der Waals surface area contributed by atoms with Gasteiger partial charge in [-0.3, -0.25) is 0 Å². The summed E-state index contributed by atoms with van der Waals surface area (Å²) in [6.07, 6.45) is 0. The molecule has 0 amide bonds. The highest BCUT2D eigenvalue weighted by atomic mass is 35.5. The monoisotopic (exact) mass is 186 g/mol. The second-order valence-electron chi connectivity index (χ2n) is 2.53. The minimum Gasteiger partial charge on any atom is -0.495 e. The van der Waals surface area contributed by atoms with E-state index in [0.717, 1.165) is 11.1 Å². The average Bonchev–Trinajstić information content (AvgIpc) is 2.08. The van der Waals surface area contributed by atoms with Crippen molar-refractivity contribution in [2.24, 2.45) is 0 Å². The molecule has 0 saturated heterocycles. The molecule has 0 heterocycles.